The van der Waals surface area contributed by atoms with Gasteiger partial charge in [-0.1, -0.05) is 0 Å². The number of halogens is 3. The lowest BCUT2D eigenvalue weighted by atomic mass is 10.2. The molecule has 90 valence electrons. The minimum absolute atomic E-state index is 0.0284. The second kappa shape index (κ2) is 6.95. The Morgan fingerprint density at radius 1 is 1.53 bits per heavy atom. The van der Waals surface area contributed by atoms with Gasteiger partial charge in [0.15, 0.2) is 0 Å². The number of carbonyl (C=O) groups is 1. The van der Waals surface area contributed by atoms with Gasteiger partial charge < -0.3 is 10.4 Å². The average Bonchev–Trinajstić information content (AvgIpc) is 2.07. The minimum Gasteiger partial charge on any atom is -0.481 e. The van der Waals surface area contributed by atoms with Gasteiger partial charge in [-0.2, -0.15) is 13.2 Å². The van der Waals surface area contributed by atoms with E-state index in [0.717, 1.165) is 0 Å². The Bertz CT molecular complexity index is 199. The van der Waals surface area contributed by atoms with E-state index in [1.54, 1.807) is 6.92 Å². The monoisotopic (exact) mass is 245 g/mol. The summed E-state index contributed by atoms with van der Waals surface area (Å²) in [4.78, 5) is 10.2. The lowest BCUT2D eigenvalue weighted by molar-refractivity contribution is -0.137. The summed E-state index contributed by atoms with van der Waals surface area (Å²) in [6, 6.07) is -0.0741. The number of aliphatic carboxylic acids is 1. The Balaban J connectivity index is 3.39. The Hall–Kier alpha value is -0.430. The van der Waals surface area contributed by atoms with E-state index < -0.39 is 11.5 Å². The third kappa shape index (κ3) is 11.5. The van der Waals surface area contributed by atoms with Gasteiger partial charge in [0.05, 0.1) is 0 Å². The SMILES string of the molecule is CC(CCC(=O)O)NCCSC(F)(F)F. The van der Waals surface area contributed by atoms with E-state index in [1.165, 1.54) is 0 Å². The maximum Gasteiger partial charge on any atom is 0.441 e. The highest BCUT2D eigenvalue weighted by Gasteiger charge is 2.27. The van der Waals surface area contributed by atoms with Crippen LogP contribution in [0.2, 0.25) is 0 Å². The van der Waals surface area contributed by atoms with Crippen LogP contribution in [0, 0.1) is 0 Å². The lowest BCUT2D eigenvalue weighted by Crippen LogP contribution is -2.29. The molecule has 15 heavy (non-hydrogen) atoms. The fourth-order valence-corrected chi connectivity index (χ4v) is 1.37. The number of hydrogen-bond donors (Lipinski definition) is 2. The third-order valence-electron chi connectivity index (χ3n) is 1.65. The van der Waals surface area contributed by atoms with Crippen LogP contribution in [0.3, 0.4) is 0 Å². The van der Waals surface area contributed by atoms with Crippen LogP contribution in [0.15, 0.2) is 0 Å². The highest BCUT2D eigenvalue weighted by atomic mass is 32.2. The summed E-state index contributed by atoms with van der Waals surface area (Å²) in [5.41, 5.74) is -4.19. The molecule has 2 N–H and O–H groups in total. The first kappa shape index (κ1) is 14.6. The van der Waals surface area contributed by atoms with Gasteiger partial charge in [-0.05, 0) is 25.1 Å². The van der Waals surface area contributed by atoms with Crippen molar-refractivity contribution in [2.45, 2.75) is 31.3 Å². The van der Waals surface area contributed by atoms with E-state index in [2.05, 4.69) is 5.32 Å². The summed E-state index contributed by atoms with van der Waals surface area (Å²) in [5, 5.41) is 11.2. The van der Waals surface area contributed by atoms with Gasteiger partial charge in [-0.15, -0.1) is 0 Å². The van der Waals surface area contributed by atoms with Crippen molar-refractivity contribution in [3.8, 4) is 0 Å². The van der Waals surface area contributed by atoms with Crippen LogP contribution in [-0.2, 0) is 4.79 Å². The Morgan fingerprint density at radius 2 is 2.13 bits per heavy atom. The van der Waals surface area contributed by atoms with Crippen molar-refractivity contribution in [1.82, 2.24) is 5.32 Å². The topological polar surface area (TPSA) is 49.3 Å². The summed E-state index contributed by atoms with van der Waals surface area (Å²) in [6.45, 7) is 1.98. The zero-order valence-electron chi connectivity index (χ0n) is 8.30. The van der Waals surface area contributed by atoms with Crippen molar-refractivity contribution in [3.63, 3.8) is 0 Å². The van der Waals surface area contributed by atoms with Crippen molar-refractivity contribution in [1.29, 1.82) is 0 Å². The van der Waals surface area contributed by atoms with Crippen LogP contribution < -0.4 is 5.32 Å². The molecule has 0 aromatic carbocycles. The normalized spacial score (nSPS) is 13.9. The number of nitrogens with one attached hydrogen (secondary N) is 1. The van der Waals surface area contributed by atoms with Gasteiger partial charge in [0.1, 0.15) is 0 Å². The standard InChI is InChI=1S/C8H14F3NO2S/c1-6(2-3-7(13)14)12-4-5-15-8(9,10)11/h6,12H,2-5H2,1H3,(H,13,14). The van der Waals surface area contributed by atoms with Crippen LogP contribution in [-0.4, -0.2) is 34.9 Å². The molecule has 0 aliphatic heterocycles. The van der Waals surface area contributed by atoms with E-state index in [-0.39, 0.29) is 36.5 Å². The Labute approximate surface area is 90.4 Å². The molecule has 0 fully saturated rings. The van der Waals surface area contributed by atoms with Crippen molar-refractivity contribution in [3.05, 3.63) is 0 Å². The molecular formula is C8H14F3NO2S. The highest BCUT2D eigenvalue weighted by molar-refractivity contribution is 8.00. The summed E-state index contributed by atoms with van der Waals surface area (Å²) >= 11 is -0.0789. The molecule has 0 heterocycles. The lowest BCUT2D eigenvalue weighted by Gasteiger charge is -2.12. The smallest absolute Gasteiger partial charge is 0.441 e. The summed E-state index contributed by atoms with van der Waals surface area (Å²) in [7, 11) is 0. The molecular weight excluding hydrogens is 231 g/mol. The molecule has 1 atom stereocenters. The number of hydrogen-bond acceptors (Lipinski definition) is 3. The molecule has 0 spiro atoms. The molecule has 0 aromatic heterocycles. The first-order chi connectivity index (χ1) is 6.81. The number of carboxylic acid groups (broad SMARTS) is 1. The molecule has 7 heteroatoms. The molecule has 1 unspecified atom stereocenters. The van der Waals surface area contributed by atoms with Gasteiger partial charge in [0.2, 0.25) is 0 Å². The van der Waals surface area contributed by atoms with Crippen molar-refractivity contribution in [2.24, 2.45) is 0 Å². The Morgan fingerprint density at radius 3 is 2.60 bits per heavy atom. The van der Waals surface area contributed by atoms with Crippen LogP contribution in [0.1, 0.15) is 19.8 Å². The predicted molar refractivity (Wildman–Crippen MR) is 52.8 cm³/mol. The van der Waals surface area contributed by atoms with Crippen molar-refractivity contribution < 1.29 is 23.1 Å². The zero-order valence-corrected chi connectivity index (χ0v) is 9.12. The number of alkyl halides is 3. The summed E-state index contributed by atoms with van der Waals surface area (Å²) in [6.07, 6.45) is 0.451. The van der Waals surface area contributed by atoms with E-state index in [9.17, 15) is 18.0 Å². The second-order valence-corrected chi connectivity index (χ2v) is 4.24. The fourth-order valence-electron chi connectivity index (χ4n) is 0.914. The molecule has 3 nitrogen and oxygen atoms in total. The van der Waals surface area contributed by atoms with E-state index in [0.29, 0.717) is 6.42 Å². The van der Waals surface area contributed by atoms with Crippen LogP contribution >= 0.6 is 11.8 Å². The second-order valence-electron chi connectivity index (χ2n) is 3.08. The van der Waals surface area contributed by atoms with Crippen LogP contribution in [0.4, 0.5) is 13.2 Å². The van der Waals surface area contributed by atoms with Crippen molar-refractivity contribution in [2.75, 3.05) is 12.3 Å². The molecule has 0 saturated carbocycles. The number of rotatable bonds is 7. The molecule has 0 aliphatic carbocycles. The molecule has 0 aliphatic rings. The Kier molecular flexibility index (Phi) is 6.75. The quantitative estimate of drug-likeness (QED) is 0.674. The van der Waals surface area contributed by atoms with E-state index in [1.807, 2.05) is 0 Å². The summed E-state index contributed by atoms with van der Waals surface area (Å²) in [5.74, 6) is -0.950. The third-order valence-corrected chi connectivity index (χ3v) is 2.39. The van der Waals surface area contributed by atoms with Gasteiger partial charge in [-0.3, -0.25) is 4.79 Å². The number of thioether (sulfide) groups is 1. The maximum absolute atomic E-state index is 11.7. The van der Waals surface area contributed by atoms with Gasteiger partial charge in [-0.25, -0.2) is 0 Å². The predicted octanol–water partition coefficient (Wildman–Crippen LogP) is 2.08. The minimum atomic E-state index is -4.19. The number of carboxylic acids is 1. The largest absolute Gasteiger partial charge is 0.481 e. The van der Waals surface area contributed by atoms with Crippen LogP contribution in [0.25, 0.3) is 0 Å². The zero-order chi connectivity index (χ0) is 11.9. The first-order valence-corrected chi connectivity index (χ1v) is 5.45. The van der Waals surface area contributed by atoms with Gasteiger partial charge in [0.25, 0.3) is 0 Å². The van der Waals surface area contributed by atoms with Crippen LogP contribution in [0.5, 0.6) is 0 Å². The van der Waals surface area contributed by atoms with E-state index >= 15 is 0 Å². The first-order valence-electron chi connectivity index (χ1n) is 4.47. The molecule has 0 aromatic rings. The molecule has 0 radical (unpaired) electrons. The summed E-state index contributed by atoms with van der Waals surface area (Å²) < 4.78 is 35.1. The fraction of sp³-hybridized carbons (Fsp3) is 0.875. The molecule has 0 saturated heterocycles. The molecule has 0 bridgehead atoms. The molecule has 0 rings (SSSR count). The van der Waals surface area contributed by atoms with Gasteiger partial charge >= 0.3 is 11.5 Å². The van der Waals surface area contributed by atoms with Crippen molar-refractivity contribution >= 4 is 17.7 Å². The highest BCUT2D eigenvalue weighted by Crippen LogP contribution is 2.29. The molecule has 0 amide bonds. The maximum atomic E-state index is 11.7. The van der Waals surface area contributed by atoms with E-state index in [4.69, 9.17) is 5.11 Å². The average molecular weight is 245 g/mol. The van der Waals surface area contributed by atoms with Gasteiger partial charge in [0, 0.05) is 24.8 Å².